The first-order chi connectivity index (χ1) is 15.9. The van der Waals surface area contributed by atoms with Crippen molar-refractivity contribution in [2.75, 3.05) is 33.2 Å². The Balaban J connectivity index is 1.57. The van der Waals surface area contributed by atoms with Gasteiger partial charge in [-0.25, -0.2) is 5.48 Å². The molecule has 2 amide bonds. The van der Waals surface area contributed by atoms with E-state index in [0.717, 1.165) is 43.9 Å². The van der Waals surface area contributed by atoms with Crippen LogP contribution < -0.4 is 16.5 Å². The van der Waals surface area contributed by atoms with Crippen LogP contribution in [0.5, 0.6) is 0 Å². The van der Waals surface area contributed by atoms with E-state index in [4.69, 9.17) is 10.9 Å². The lowest BCUT2D eigenvalue weighted by molar-refractivity contribution is -0.131. The molecule has 0 spiro atoms. The van der Waals surface area contributed by atoms with Crippen LogP contribution in [0.25, 0.3) is 0 Å². The third-order valence-corrected chi connectivity index (χ3v) is 5.66. The van der Waals surface area contributed by atoms with Gasteiger partial charge in [0, 0.05) is 55.5 Å². The number of nitrogens with two attached hydrogens (primary N) is 1. The van der Waals surface area contributed by atoms with Crippen LogP contribution in [0.4, 0.5) is 0 Å². The lowest BCUT2D eigenvalue weighted by Crippen LogP contribution is -2.54. The van der Waals surface area contributed by atoms with Crippen LogP contribution in [0.1, 0.15) is 34.0 Å². The summed E-state index contributed by atoms with van der Waals surface area (Å²) in [6.07, 6.45) is 0. The zero-order valence-corrected chi connectivity index (χ0v) is 19.0. The molecule has 0 bridgehead atoms. The largest absolute Gasteiger partial charge is 0.339 e. The predicted molar refractivity (Wildman–Crippen MR) is 126 cm³/mol. The minimum Gasteiger partial charge on any atom is -0.339 e. The van der Waals surface area contributed by atoms with Crippen molar-refractivity contribution < 1.29 is 14.8 Å². The van der Waals surface area contributed by atoms with Gasteiger partial charge in [-0.1, -0.05) is 24.0 Å². The van der Waals surface area contributed by atoms with E-state index in [2.05, 4.69) is 46.1 Å². The van der Waals surface area contributed by atoms with Gasteiger partial charge in [-0.3, -0.25) is 19.7 Å². The summed E-state index contributed by atoms with van der Waals surface area (Å²) in [5.41, 5.74) is 10.6. The van der Waals surface area contributed by atoms with Crippen LogP contribution in [-0.4, -0.2) is 72.1 Å². The van der Waals surface area contributed by atoms with Crippen molar-refractivity contribution in [1.29, 1.82) is 0 Å². The number of hydrogen-bond donors (Lipinski definition) is 4. The minimum atomic E-state index is -1.04. The van der Waals surface area contributed by atoms with Gasteiger partial charge in [0.15, 0.2) is 0 Å². The topological polar surface area (TPSA) is 111 Å². The highest BCUT2D eigenvalue weighted by Gasteiger charge is 2.24. The lowest BCUT2D eigenvalue weighted by Gasteiger charge is -2.32. The smallest absolute Gasteiger partial charge is 0.267 e. The van der Waals surface area contributed by atoms with Crippen molar-refractivity contribution in [1.82, 2.24) is 20.6 Å². The molecule has 1 aliphatic heterocycles. The SMILES string of the molecule is C[C@@H](N)[C@H](NC(=O)c1ccc(C#Cc2ccc(CN3CCN(C)CC3)cc2)cc1)C(=O)NO. The molecule has 8 nitrogen and oxygen atoms in total. The summed E-state index contributed by atoms with van der Waals surface area (Å²) in [7, 11) is 2.16. The highest BCUT2D eigenvalue weighted by atomic mass is 16.5. The van der Waals surface area contributed by atoms with Gasteiger partial charge in [0.25, 0.3) is 11.8 Å². The summed E-state index contributed by atoms with van der Waals surface area (Å²) in [5, 5.41) is 11.3. The number of hydroxylamine groups is 1. The number of nitrogens with zero attached hydrogens (tertiary/aromatic N) is 2. The summed E-state index contributed by atoms with van der Waals surface area (Å²) in [4.78, 5) is 28.9. The molecular weight excluding hydrogens is 418 g/mol. The highest BCUT2D eigenvalue weighted by molar-refractivity contribution is 5.97. The molecule has 0 aromatic heterocycles. The van der Waals surface area contributed by atoms with E-state index in [9.17, 15) is 9.59 Å². The number of carbonyl (C=O) groups is 2. The van der Waals surface area contributed by atoms with Gasteiger partial charge in [0.05, 0.1) is 0 Å². The van der Waals surface area contributed by atoms with Crippen LogP contribution in [0, 0.1) is 11.8 Å². The first-order valence-corrected chi connectivity index (χ1v) is 11.0. The van der Waals surface area contributed by atoms with Crippen molar-refractivity contribution in [3.63, 3.8) is 0 Å². The highest BCUT2D eigenvalue weighted by Crippen LogP contribution is 2.10. The van der Waals surface area contributed by atoms with Gasteiger partial charge in [-0.15, -0.1) is 0 Å². The first kappa shape index (κ1) is 24.4. The van der Waals surface area contributed by atoms with E-state index in [1.54, 1.807) is 31.2 Å². The predicted octanol–water partition coefficient (Wildman–Crippen LogP) is 0.785. The zero-order chi connectivity index (χ0) is 23.8. The first-order valence-electron chi connectivity index (χ1n) is 11.0. The normalized spacial score (nSPS) is 16.2. The molecule has 2 aromatic carbocycles. The molecule has 0 radical (unpaired) electrons. The van der Waals surface area contributed by atoms with Gasteiger partial charge in [0.2, 0.25) is 0 Å². The molecule has 2 aromatic rings. The van der Waals surface area contributed by atoms with E-state index in [0.29, 0.717) is 5.56 Å². The quantitative estimate of drug-likeness (QED) is 0.295. The Bertz CT molecular complexity index is 1000. The minimum absolute atomic E-state index is 0.366. The van der Waals surface area contributed by atoms with E-state index >= 15 is 0 Å². The van der Waals surface area contributed by atoms with Crippen LogP contribution in [0.15, 0.2) is 48.5 Å². The maximum atomic E-state index is 12.4. The Morgan fingerprint density at radius 3 is 2.06 bits per heavy atom. The number of carbonyl (C=O) groups excluding carboxylic acids is 2. The second kappa shape index (κ2) is 11.6. The van der Waals surface area contributed by atoms with Gasteiger partial charge >= 0.3 is 0 Å². The number of benzene rings is 2. The van der Waals surface area contributed by atoms with Crippen molar-refractivity contribution in [3.05, 3.63) is 70.8 Å². The second-order valence-corrected chi connectivity index (χ2v) is 8.39. The average Bonchev–Trinajstić information content (AvgIpc) is 2.83. The number of likely N-dealkylation sites (N-methyl/N-ethyl adjacent to an activating group) is 1. The van der Waals surface area contributed by atoms with Gasteiger partial charge in [-0.2, -0.15) is 0 Å². The van der Waals surface area contributed by atoms with E-state index in [1.165, 1.54) is 11.0 Å². The fourth-order valence-corrected chi connectivity index (χ4v) is 3.54. The summed E-state index contributed by atoms with van der Waals surface area (Å²) in [6.45, 7) is 6.91. The molecule has 174 valence electrons. The molecule has 1 aliphatic rings. The maximum absolute atomic E-state index is 12.4. The molecule has 5 N–H and O–H groups in total. The summed E-state index contributed by atoms with van der Waals surface area (Å²) < 4.78 is 0. The molecule has 8 heteroatoms. The van der Waals surface area contributed by atoms with Crippen molar-refractivity contribution >= 4 is 11.8 Å². The Labute approximate surface area is 194 Å². The number of nitrogens with one attached hydrogen (secondary N) is 2. The zero-order valence-electron chi connectivity index (χ0n) is 19.0. The van der Waals surface area contributed by atoms with Crippen LogP contribution in [0.2, 0.25) is 0 Å². The molecule has 1 fully saturated rings. The number of amides is 2. The monoisotopic (exact) mass is 449 g/mol. The molecule has 3 rings (SSSR count). The molecule has 1 saturated heterocycles. The number of rotatable bonds is 6. The van der Waals surface area contributed by atoms with E-state index in [-0.39, 0.29) is 0 Å². The molecule has 2 atom stereocenters. The number of piperazine rings is 1. The Morgan fingerprint density at radius 2 is 1.55 bits per heavy atom. The molecule has 33 heavy (non-hydrogen) atoms. The van der Waals surface area contributed by atoms with Crippen molar-refractivity contribution in [2.45, 2.75) is 25.6 Å². The van der Waals surface area contributed by atoms with Crippen LogP contribution in [-0.2, 0) is 11.3 Å². The van der Waals surface area contributed by atoms with Gasteiger partial charge < -0.3 is 16.0 Å². The molecule has 0 aliphatic carbocycles. The molecular formula is C25H31N5O3. The second-order valence-electron chi connectivity index (χ2n) is 8.39. The maximum Gasteiger partial charge on any atom is 0.267 e. The Kier molecular flexibility index (Phi) is 8.58. The molecule has 1 heterocycles. The Morgan fingerprint density at radius 1 is 1.00 bits per heavy atom. The van der Waals surface area contributed by atoms with Crippen LogP contribution >= 0.6 is 0 Å². The standard InChI is InChI=1S/C25H31N5O3/c1-18(26)23(25(32)28-33)27-24(31)22-11-9-20(10-12-22)4-3-19-5-7-21(8-6-19)17-30-15-13-29(2)14-16-30/h5-12,18,23,33H,13-17,26H2,1-2H3,(H,27,31)(H,28,32)/t18-,23+/m1/s1. The third kappa shape index (κ3) is 7.14. The Hall–Kier alpha value is -3.22. The lowest BCUT2D eigenvalue weighted by atomic mass is 10.1. The number of hydrogen-bond acceptors (Lipinski definition) is 6. The molecule has 0 saturated carbocycles. The van der Waals surface area contributed by atoms with Crippen LogP contribution in [0.3, 0.4) is 0 Å². The molecule has 0 unspecified atom stereocenters. The summed E-state index contributed by atoms with van der Waals surface area (Å²) in [5.74, 6) is 5.02. The van der Waals surface area contributed by atoms with Gasteiger partial charge in [0.1, 0.15) is 6.04 Å². The summed E-state index contributed by atoms with van der Waals surface area (Å²) in [6, 6.07) is 13.3. The van der Waals surface area contributed by atoms with E-state index in [1.807, 2.05) is 12.1 Å². The summed E-state index contributed by atoms with van der Waals surface area (Å²) >= 11 is 0. The van der Waals surface area contributed by atoms with Crippen molar-refractivity contribution in [3.8, 4) is 11.8 Å². The van der Waals surface area contributed by atoms with Crippen molar-refractivity contribution in [2.24, 2.45) is 5.73 Å². The third-order valence-electron chi connectivity index (χ3n) is 5.66. The van der Waals surface area contributed by atoms with E-state index < -0.39 is 23.9 Å². The fraction of sp³-hybridized carbons (Fsp3) is 0.360. The average molecular weight is 450 g/mol. The fourth-order valence-electron chi connectivity index (χ4n) is 3.54. The van der Waals surface area contributed by atoms with Gasteiger partial charge in [-0.05, 0) is 55.9 Å².